The Labute approximate surface area is 207 Å². The van der Waals surface area contributed by atoms with E-state index >= 15 is 0 Å². The van der Waals surface area contributed by atoms with E-state index in [4.69, 9.17) is 9.51 Å². The third kappa shape index (κ3) is 4.66. The molecule has 0 saturated heterocycles. The topological polar surface area (TPSA) is 24.7 Å². The van der Waals surface area contributed by atoms with Gasteiger partial charge in [0.2, 0.25) is 0 Å². The molecule has 0 amide bonds. The van der Waals surface area contributed by atoms with Crippen LogP contribution < -0.4 is 0 Å². The van der Waals surface area contributed by atoms with Gasteiger partial charge in [0.25, 0.3) is 0 Å². The minimum Gasteiger partial charge on any atom is -0.208 e. The lowest BCUT2D eigenvalue weighted by molar-refractivity contribution is 0.550. The van der Waals surface area contributed by atoms with Gasteiger partial charge in [-0.2, -0.15) is 0 Å². The van der Waals surface area contributed by atoms with Crippen LogP contribution in [0.3, 0.4) is 0 Å². The molecule has 0 fully saturated rings. The highest BCUT2D eigenvalue weighted by atomic mass is 31.1. The van der Waals surface area contributed by atoms with E-state index in [2.05, 4.69) is 123 Å². The number of fused-ring (bicyclic) bond motifs is 3. The van der Waals surface area contributed by atoms with E-state index in [0.29, 0.717) is 8.52 Å². The second-order valence-electron chi connectivity index (χ2n) is 12.4. The highest BCUT2D eigenvalue weighted by Gasteiger charge is 2.29. The van der Waals surface area contributed by atoms with Crippen LogP contribution in [0.4, 0.5) is 5.69 Å². The Hall–Kier alpha value is -2.57. The molecule has 1 aliphatic carbocycles. The maximum Gasteiger partial charge on any atom is 0.155 e. The number of nitrogens with zero attached hydrogens (tertiary/aromatic N) is 2. The summed E-state index contributed by atoms with van der Waals surface area (Å²) in [6, 6.07) is 21.8. The highest BCUT2D eigenvalue weighted by molar-refractivity contribution is 7.25. The summed E-state index contributed by atoms with van der Waals surface area (Å²) < 4.78 is 10.2. The molecule has 0 saturated carbocycles. The normalized spacial score (nSPS) is 13.9. The molecule has 0 aliphatic heterocycles. The zero-order valence-electron chi connectivity index (χ0n) is 22.1. The Morgan fingerprint density at radius 3 is 1.35 bits per heavy atom. The second-order valence-corrected chi connectivity index (χ2v) is 13.0. The lowest BCUT2D eigenvalue weighted by Gasteiger charge is -2.31. The summed E-state index contributed by atoms with van der Waals surface area (Å²) in [6.07, 6.45) is 0. The van der Waals surface area contributed by atoms with Gasteiger partial charge in [0, 0.05) is 11.1 Å². The van der Waals surface area contributed by atoms with Crippen LogP contribution >= 0.6 is 8.52 Å². The Kier molecular flexibility index (Phi) is 6.19. The number of hydrogen-bond donors (Lipinski definition) is 0. The first-order chi connectivity index (χ1) is 15.8. The van der Waals surface area contributed by atoms with Crippen molar-refractivity contribution in [2.75, 3.05) is 0 Å². The first-order valence-corrected chi connectivity index (χ1v) is 13.0. The molecule has 3 aromatic carbocycles. The summed E-state index contributed by atoms with van der Waals surface area (Å²) in [5, 5.41) is 0. The zero-order valence-corrected chi connectivity index (χ0v) is 23.0. The van der Waals surface area contributed by atoms with Gasteiger partial charge in [-0.1, -0.05) is 123 Å². The lowest BCUT2D eigenvalue weighted by atomic mass is 9.74. The van der Waals surface area contributed by atoms with Gasteiger partial charge in [-0.05, 0) is 44.1 Å². The Bertz CT molecular complexity index is 1210. The van der Waals surface area contributed by atoms with Crippen molar-refractivity contribution in [3.05, 3.63) is 88.5 Å². The summed E-state index contributed by atoms with van der Waals surface area (Å²) >= 11 is 0. The molecule has 0 N–H and O–H groups in total. The molecule has 0 radical (unpaired) electrons. The molecular formula is C31H37N2P. The molecule has 0 bridgehead atoms. The molecule has 2 nitrogen and oxygen atoms in total. The van der Waals surface area contributed by atoms with Crippen LogP contribution in [0.25, 0.3) is 11.1 Å². The molecule has 1 aliphatic rings. The van der Waals surface area contributed by atoms with Crippen LogP contribution in [-0.4, -0.2) is 5.71 Å². The predicted octanol–water partition coefficient (Wildman–Crippen LogP) is 9.77. The number of rotatable bonds is 2. The first-order valence-electron chi connectivity index (χ1n) is 12.2. The van der Waals surface area contributed by atoms with Crippen molar-refractivity contribution in [1.29, 1.82) is 0 Å². The molecule has 3 heteroatoms. The van der Waals surface area contributed by atoms with Crippen molar-refractivity contribution >= 4 is 19.9 Å². The van der Waals surface area contributed by atoms with E-state index in [1.165, 1.54) is 38.9 Å². The lowest BCUT2D eigenvalue weighted by Crippen LogP contribution is -2.21. The molecule has 176 valence electrons. The quantitative estimate of drug-likeness (QED) is 0.262. The predicted molar refractivity (Wildman–Crippen MR) is 149 cm³/mol. The van der Waals surface area contributed by atoms with Crippen molar-refractivity contribution in [3.63, 3.8) is 0 Å². The summed E-state index contributed by atoms with van der Waals surface area (Å²) in [4.78, 5) is 0. The molecule has 0 unspecified atom stereocenters. The van der Waals surface area contributed by atoms with E-state index in [1.807, 2.05) is 0 Å². The van der Waals surface area contributed by atoms with Gasteiger partial charge in [-0.3, -0.25) is 0 Å². The third-order valence-corrected chi connectivity index (χ3v) is 7.11. The number of hydrogen-bond acceptors (Lipinski definition) is 1. The van der Waals surface area contributed by atoms with Crippen molar-refractivity contribution in [2.45, 2.75) is 78.6 Å². The van der Waals surface area contributed by atoms with E-state index in [-0.39, 0.29) is 16.2 Å². The van der Waals surface area contributed by atoms with Gasteiger partial charge in [-0.25, -0.2) is 9.51 Å². The van der Waals surface area contributed by atoms with Gasteiger partial charge in [-0.15, -0.1) is 0 Å². The SMILES string of the molecule is CC(C)(C)c1cc(C(C)(C)C)c(N=PN=C2c3ccccc3-c3ccccc32)c(C(C)(C)C)c1. The van der Waals surface area contributed by atoms with Crippen LogP contribution in [-0.2, 0) is 16.2 Å². The maximum atomic E-state index is 5.16. The maximum absolute atomic E-state index is 5.16. The summed E-state index contributed by atoms with van der Waals surface area (Å²) in [5.41, 5.74) is 11.0. The van der Waals surface area contributed by atoms with Gasteiger partial charge < -0.3 is 0 Å². The molecular weight excluding hydrogens is 431 g/mol. The van der Waals surface area contributed by atoms with Gasteiger partial charge >= 0.3 is 0 Å². The highest BCUT2D eigenvalue weighted by Crippen LogP contribution is 2.44. The zero-order chi connectivity index (χ0) is 24.9. The fourth-order valence-electron chi connectivity index (χ4n) is 4.53. The molecule has 4 rings (SSSR count). The average Bonchev–Trinajstić information content (AvgIpc) is 3.05. The summed E-state index contributed by atoms with van der Waals surface area (Å²) in [7, 11) is 0.716. The Morgan fingerprint density at radius 1 is 0.559 bits per heavy atom. The van der Waals surface area contributed by atoms with E-state index in [9.17, 15) is 0 Å². The van der Waals surface area contributed by atoms with Gasteiger partial charge in [0.15, 0.2) is 8.52 Å². The summed E-state index contributed by atoms with van der Waals surface area (Å²) in [5.74, 6) is 0. The van der Waals surface area contributed by atoms with Crippen LogP contribution in [0.15, 0.2) is 70.2 Å². The van der Waals surface area contributed by atoms with Gasteiger partial charge in [0.1, 0.15) is 0 Å². The standard InChI is InChI=1S/C31H37N2P/c1-29(2,3)20-18-25(30(4,5)6)28(26(19-20)31(7,8)9)33-34-32-27-23-16-12-10-14-21(23)22-15-11-13-17-24(22)27/h10-19H,1-9H3. The minimum absolute atomic E-state index is 0.0185. The first kappa shape index (κ1) is 24.6. The van der Waals surface area contributed by atoms with E-state index in [1.54, 1.807) is 0 Å². The van der Waals surface area contributed by atoms with Crippen LogP contribution in [0.2, 0.25) is 0 Å². The van der Waals surface area contributed by atoms with Crippen LogP contribution in [0.5, 0.6) is 0 Å². The molecule has 0 heterocycles. The Balaban J connectivity index is 1.89. The minimum atomic E-state index is -0.0185. The van der Waals surface area contributed by atoms with Crippen molar-refractivity contribution < 1.29 is 0 Å². The largest absolute Gasteiger partial charge is 0.208 e. The van der Waals surface area contributed by atoms with Crippen molar-refractivity contribution in [2.24, 2.45) is 9.51 Å². The van der Waals surface area contributed by atoms with Crippen LogP contribution in [0.1, 0.15) is 90.1 Å². The van der Waals surface area contributed by atoms with Gasteiger partial charge in [0.05, 0.1) is 11.4 Å². The molecule has 0 spiro atoms. The third-order valence-electron chi connectivity index (χ3n) is 6.54. The molecule has 3 aromatic rings. The molecule has 34 heavy (non-hydrogen) atoms. The van der Waals surface area contributed by atoms with E-state index in [0.717, 1.165) is 11.4 Å². The monoisotopic (exact) mass is 468 g/mol. The van der Waals surface area contributed by atoms with Crippen molar-refractivity contribution in [1.82, 2.24) is 0 Å². The average molecular weight is 469 g/mol. The fourth-order valence-corrected chi connectivity index (χ4v) is 5.19. The smallest absolute Gasteiger partial charge is 0.155 e. The second kappa shape index (κ2) is 8.58. The fraction of sp³-hybridized carbons (Fsp3) is 0.387. The summed E-state index contributed by atoms with van der Waals surface area (Å²) in [6.45, 7) is 20.6. The van der Waals surface area contributed by atoms with E-state index < -0.39 is 0 Å². The molecule has 0 atom stereocenters. The number of benzene rings is 3. The van der Waals surface area contributed by atoms with Crippen LogP contribution in [0, 0.1) is 0 Å². The Morgan fingerprint density at radius 2 is 0.971 bits per heavy atom. The van der Waals surface area contributed by atoms with Crippen molar-refractivity contribution in [3.8, 4) is 11.1 Å². The molecule has 0 aromatic heterocycles.